The highest BCUT2D eigenvalue weighted by molar-refractivity contribution is 5.90. The first-order valence-corrected chi connectivity index (χ1v) is 8.31. The fourth-order valence-electron chi connectivity index (χ4n) is 2.89. The fraction of sp³-hybridized carbons (Fsp3) is 0.222. The average Bonchev–Trinajstić information content (AvgIpc) is 3.27. The molecule has 0 unspecified atom stereocenters. The smallest absolute Gasteiger partial charge is 0.414 e. The molecule has 10 heteroatoms. The van der Waals surface area contributed by atoms with Crippen molar-refractivity contribution >= 4 is 11.8 Å². The average molecular weight is 388 g/mol. The summed E-state index contributed by atoms with van der Waals surface area (Å²) in [6, 6.07) is 5.07. The molecule has 1 aromatic carbocycles. The Morgan fingerprint density at radius 3 is 2.54 bits per heavy atom. The number of aromatic nitrogens is 3. The number of rotatable bonds is 4. The Morgan fingerprint density at radius 1 is 1.25 bits per heavy atom. The number of hydrogen-bond donors (Lipinski definition) is 1. The van der Waals surface area contributed by atoms with Crippen LogP contribution in [0.25, 0.3) is 22.7 Å². The van der Waals surface area contributed by atoms with Crippen molar-refractivity contribution in [2.45, 2.75) is 13.0 Å². The van der Waals surface area contributed by atoms with Crippen LogP contribution in [0.1, 0.15) is 5.89 Å². The lowest BCUT2D eigenvalue weighted by Crippen LogP contribution is -2.25. The highest BCUT2D eigenvalue weighted by Gasteiger charge is 2.33. The lowest BCUT2D eigenvalue weighted by atomic mass is 10.0. The molecule has 8 nitrogen and oxygen atoms in total. The number of ether oxygens (including phenoxy) is 1. The minimum atomic E-state index is -0.863. The van der Waals surface area contributed by atoms with Crippen molar-refractivity contribution in [1.29, 1.82) is 0 Å². The molecule has 0 radical (unpaired) electrons. The Balaban J connectivity index is 1.64. The molecule has 144 valence electrons. The summed E-state index contributed by atoms with van der Waals surface area (Å²) < 4.78 is 39.4. The van der Waals surface area contributed by atoms with Crippen LogP contribution in [0.5, 0.6) is 0 Å². The van der Waals surface area contributed by atoms with E-state index in [4.69, 9.17) is 14.3 Å². The van der Waals surface area contributed by atoms with Crippen LogP contribution in [0.2, 0.25) is 0 Å². The van der Waals surface area contributed by atoms with Gasteiger partial charge in [-0.25, -0.2) is 13.6 Å². The number of anilines is 1. The molecule has 3 heterocycles. The van der Waals surface area contributed by atoms with Gasteiger partial charge in [0.1, 0.15) is 23.4 Å². The second-order valence-corrected chi connectivity index (χ2v) is 6.14. The van der Waals surface area contributed by atoms with Crippen molar-refractivity contribution in [3.8, 4) is 22.7 Å². The van der Waals surface area contributed by atoms with Crippen molar-refractivity contribution in [2.75, 3.05) is 18.1 Å². The number of hydrogen-bond acceptors (Lipinski definition) is 7. The summed E-state index contributed by atoms with van der Waals surface area (Å²) in [6.07, 6.45) is -0.211. The van der Waals surface area contributed by atoms with Gasteiger partial charge in [0, 0.05) is 18.7 Å². The summed E-state index contributed by atoms with van der Waals surface area (Å²) in [6.45, 7) is 1.27. The van der Waals surface area contributed by atoms with Gasteiger partial charge >= 0.3 is 6.09 Å². The van der Waals surface area contributed by atoms with Crippen molar-refractivity contribution in [3.63, 3.8) is 0 Å². The van der Waals surface area contributed by atoms with Crippen LogP contribution in [0.3, 0.4) is 0 Å². The minimum absolute atomic E-state index is 0.00520. The topological polar surface area (TPSA) is 102 Å². The van der Waals surface area contributed by atoms with E-state index in [0.717, 1.165) is 17.0 Å². The number of cyclic esters (lactones) is 1. The summed E-state index contributed by atoms with van der Waals surface area (Å²) in [5.74, 6) is -1.15. The van der Waals surface area contributed by atoms with Crippen LogP contribution >= 0.6 is 0 Å². The molecule has 1 amide bonds. The van der Waals surface area contributed by atoms with Gasteiger partial charge in [-0.05, 0) is 18.2 Å². The first-order chi connectivity index (χ1) is 13.5. The summed E-state index contributed by atoms with van der Waals surface area (Å²) in [7, 11) is 0. The van der Waals surface area contributed by atoms with E-state index in [9.17, 15) is 13.6 Å². The minimum Gasteiger partial charge on any atom is -0.441 e. The molecule has 0 spiro atoms. The highest BCUT2D eigenvalue weighted by Crippen LogP contribution is 2.32. The number of aliphatic hydroxyl groups excluding tert-OH is 1. The van der Waals surface area contributed by atoms with E-state index >= 15 is 0 Å². The van der Waals surface area contributed by atoms with Crippen LogP contribution in [0.4, 0.5) is 19.3 Å². The van der Waals surface area contributed by atoms with Gasteiger partial charge in [0.25, 0.3) is 5.89 Å². The van der Waals surface area contributed by atoms with Gasteiger partial charge in [0.15, 0.2) is 0 Å². The quantitative estimate of drug-likeness (QED) is 0.733. The van der Waals surface area contributed by atoms with E-state index in [1.54, 1.807) is 6.92 Å². The monoisotopic (exact) mass is 388 g/mol. The van der Waals surface area contributed by atoms with E-state index in [1.807, 2.05) is 0 Å². The summed E-state index contributed by atoms with van der Waals surface area (Å²) in [5.41, 5.74) is 0.303. The van der Waals surface area contributed by atoms with Gasteiger partial charge in [-0.1, -0.05) is 6.07 Å². The maximum atomic E-state index is 14.6. The first kappa shape index (κ1) is 18.0. The molecule has 1 N–H and O–H groups in total. The molecule has 0 aliphatic carbocycles. The normalized spacial score (nSPS) is 16.5. The standard InChI is InChI=1S/C18H14F2N4O4/c1-9-22-23-17(27-9)15-3-2-10(6-21-15)16-13(19)4-11(5-14(16)20)24-7-12(8-25)28-18(24)26/h2-6,12,25H,7-8H2,1H3/t12-/m1/s1. The van der Waals surface area contributed by atoms with Gasteiger partial charge in [-0.15, -0.1) is 10.2 Å². The molecule has 1 aliphatic heterocycles. The van der Waals surface area contributed by atoms with E-state index in [-0.39, 0.29) is 35.9 Å². The Labute approximate surface area is 157 Å². The number of pyridine rings is 1. The largest absolute Gasteiger partial charge is 0.441 e. The van der Waals surface area contributed by atoms with Crippen LogP contribution in [-0.4, -0.2) is 45.6 Å². The summed E-state index contributed by atoms with van der Waals surface area (Å²) >= 11 is 0. The van der Waals surface area contributed by atoms with Gasteiger partial charge in [0.05, 0.1) is 24.4 Å². The van der Waals surface area contributed by atoms with E-state index < -0.39 is 23.8 Å². The van der Waals surface area contributed by atoms with E-state index in [1.165, 1.54) is 18.3 Å². The number of benzene rings is 1. The first-order valence-electron chi connectivity index (χ1n) is 8.31. The molecule has 1 fully saturated rings. The number of carbonyl (C=O) groups excluding carboxylic acids is 1. The number of aryl methyl sites for hydroxylation is 1. The summed E-state index contributed by atoms with van der Waals surface area (Å²) in [4.78, 5) is 17.0. The van der Waals surface area contributed by atoms with E-state index in [2.05, 4.69) is 15.2 Å². The van der Waals surface area contributed by atoms with Gasteiger partial charge in [-0.3, -0.25) is 9.88 Å². The maximum Gasteiger partial charge on any atom is 0.414 e. The Hall–Kier alpha value is -3.40. The molecule has 0 bridgehead atoms. The molecule has 0 saturated carbocycles. The Kier molecular flexibility index (Phi) is 4.47. The number of carbonyl (C=O) groups is 1. The predicted octanol–water partition coefficient (Wildman–Crippen LogP) is 2.70. The number of amides is 1. The zero-order valence-electron chi connectivity index (χ0n) is 14.6. The zero-order chi connectivity index (χ0) is 19.8. The van der Waals surface area contributed by atoms with Crippen molar-refractivity contribution in [2.24, 2.45) is 0 Å². The number of halogens is 2. The van der Waals surface area contributed by atoms with Crippen molar-refractivity contribution in [3.05, 3.63) is 48.0 Å². The molecule has 1 aliphatic rings. The Bertz CT molecular complexity index is 1020. The summed E-state index contributed by atoms with van der Waals surface area (Å²) in [5, 5.41) is 16.6. The SMILES string of the molecule is Cc1nnc(-c2ccc(-c3c(F)cc(N4C[C@H](CO)OC4=O)cc3F)cn2)o1. The third-order valence-electron chi connectivity index (χ3n) is 4.21. The number of nitrogens with zero attached hydrogens (tertiary/aromatic N) is 4. The van der Waals surface area contributed by atoms with Gasteiger partial charge in [-0.2, -0.15) is 0 Å². The van der Waals surface area contributed by atoms with Gasteiger partial charge < -0.3 is 14.3 Å². The third-order valence-corrected chi connectivity index (χ3v) is 4.21. The molecule has 1 atom stereocenters. The maximum absolute atomic E-state index is 14.6. The number of aliphatic hydroxyl groups is 1. The molecular formula is C18H14F2N4O4. The highest BCUT2D eigenvalue weighted by atomic mass is 19.1. The predicted molar refractivity (Wildman–Crippen MR) is 92.3 cm³/mol. The Morgan fingerprint density at radius 2 is 2.00 bits per heavy atom. The van der Waals surface area contributed by atoms with E-state index in [0.29, 0.717) is 11.6 Å². The molecule has 4 rings (SSSR count). The van der Waals surface area contributed by atoms with Crippen LogP contribution in [0, 0.1) is 18.6 Å². The third kappa shape index (κ3) is 3.18. The molecule has 2 aromatic heterocycles. The second-order valence-electron chi connectivity index (χ2n) is 6.14. The molecule has 1 saturated heterocycles. The van der Waals surface area contributed by atoms with Crippen molar-refractivity contribution < 1.29 is 27.8 Å². The lowest BCUT2D eigenvalue weighted by molar-refractivity contribution is 0.0963. The van der Waals surface area contributed by atoms with Gasteiger partial charge in [0.2, 0.25) is 5.89 Å². The molecule has 3 aromatic rings. The second kappa shape index (κ2) is 6.97. The van der Waals surface area contributed by atoms with Crippen LogP contribution in [0.15, 0.2) is 34.9 Å². The fourth-order valence-corrected chi connectivity index (χ4v) is 2.89. The zero-order valence-corrected chi connectivity index (χ0v) is 14.6. The lowest BCUT2D eigenvalue weighted by Gasteiger charge is -2.15. The van der Waals surface area contributed by atoms with Crippen molar-refractivity contribution in [1.82, 2.24) is 15.2 Å². The van der Waals surface area contributed by atoms with Crippen LogP contribution in [-0.2, 0) is 4.74 Å². The molecular weight excluding hydrogens is 374 g/mol. The van der Waals surface area contributed by atoms with Crippen LogP contribution < -0.4 is 4.90 Å². The molecule has 28 heavy (non-hydrogen) atoms.